The highest BCUT2D eigenvalue weighted by Gasteiger charge is 2.59. The second kappa shape index (κ2) is 8.84. The molecule has 3 atom stereocenters. The highest BCUT2D eigenvalue weighted by atomic mass is 79.9. The van der Waals surface area contributed by atoms with Gasteiger partial charge in [0.1, 0.15) is 17.4 Å². The molecule has 1 amide bonds. The lowest BCUT2D eigenvalue weighted by Crippen LogP contribution is -2.72. The molecule has 5 rings (SSSR count). The van der Waals surface area contributed by atoms with Gasteiger partial charge in [-0.1, -0.05) is 33.6 Å². The van der Waals surface area contributed by atoms with Crippen molar-refractivity contribution in [2.75, 3.05) is 17.3 Å². The minimum atomic E-state index is -1.08. The van der Waals surface area contributed by atoms with Gasteiger partial charge in [-0.15, -0.1) is 0 Å². The minimum Gasteiger partial charge on any atom is -0.497 e. The molecule has 1 fully saturated rings. The summed E-state index contributed by atoms with van der Waals surface area (Å²) >= 11 is 9.32. The molecule has 35 heavy (non-hydrogen) atoms. The van der Waals surface area contributed by atoms with E-state index in [9.17, 15) is 4.79 Å². The summed E-state index contributed by atoms with van der Waals surface area (Å²) in [6, 6.07) is 19.0. The Morgan fingerprint density at radius 1 is 1.14 bits per heavy atom. The molecule has 8 heteroatoms. The van der Waals surface area contributed by atoms with Crippen molar-refractivity contribution in [2.24, 2.45) is 5.92 Å². The molecular formula is C27H26BrN3O3S. The van der Waals surface area contributed by atoms with E-state index in [0.29, 0.717) is 16.6 Å². The van der Waals surface area contributed by atoms with Crippen LogP contribution in [0, 0.1) is 19.8 Å². The number of ether oxygens (including phenoxy) is 2. The van der Waals surface area contributed by atoms with E-state index in [1.54, 1.807) is 7.11 Å². The van der Waals surface area contributed by atoms with Gasteiger partial charge >= 0.3 is 0 Å². The third-order valence-corrected chi connectivity index (χ3v) is 7.54. The van der Waals surface area contributed by atoms with Crippen molar-refractivity contribution in [3.05, 3.63) is 81.8 Å². The molecule has 0 saturated carbocycles. The quantitative estimate of drug-likeness (QED) is 0.395. The van der Waals surface area contributed by atoms with Crippen LogP contribution in [0.4, 0.5) is 11.4 Å². The van der Waals surface area contributed by atoms with Crippen LogP contribution in [0.3, 0.4) is 0 Å². The molecule has 2 aliphatic rings. The van der Waals surface area contributed by atoms with Crippen molar-refractivity contribution in [2.45, 2.75) is 32.5 Å². The molecule has 2 bridgehead atoms. The normalized spacial score (nSPS) is 22.5. The van der Waals surface area contributed by atoms with Crippen molar-refractivity contribution < 1.29 is 14.3 Å². The van der Waals surface area contributed by atoms with E-state index in [1.165, 1.54) is 0 Å². The first-order chi connectivity index (χ1) is 16.7. The number of fused-ring (bicyclic) bond motifs is 4. The molecule has 1 saturated heterocycles. The molecular weight excluding hydrogens is 526 g/mol. The third kappa shape index (κ3) is 4.04. The maximum absolute atomic E-state index is 14.0. The van der Waals surface area contributed by atoms with Gasteiger partial charge in [-0.2, -0.15) is 0 Å². The number of halogens is 1. The maximum Gasteiger partial charge on any atom is 0.236 e. The molecule has 180 valence electrons. The van der Waals surface area contributed by atoms with Crippen LogP contribution in [0.1, 0.15) is 29.7 Å². The Morgan fingerprint density at radius 2 is 1.89 bits per heavy atom. The Bertz CT molecular complexity index is 1330. The number of nitrogens with one attached hydrogen (secondary N) is 2. The molecule has 2 N–H and O–H groups in total. The van der Waals surface area contributed by atoms with Gasteiger partial charge < -0.3 is 20.1 Å². The van der Waals surface area contributed by atoms with Gasteiger partial charge in [0.2, 0.25) is 5.91 Å². The zero-order valence-corrected chi connectivity index (χ0v) is 22.3. The number of benzene rings is 3. The van der Waals surface area contributed by atoms with Gasteiger partial charge in [0.05, 0.1) is 13.2 Å². The number of amides is 1. The van der Waals surface area contributed by atoms with Crippen molar-refractivity contribution in [3.8, 4) is 11.5 Å². The summed E-state index contributed by atoms with van der Waals surface area (Å²) < 4.78 is 13.1. The van der Waals surface area contributed by atoms with Crippen LogP contribution < -0.4 is 25.0 Å². The summed E-state index contributed by atoms with van der Waals surface area (Å²) in [7, 11) is 1.62. The number of anilines is 2. The molecule has 0 spiro atoms. The first kappa shape index (κ1) is 23.6. The number of nitrogens with zero attached hydrogens (tertiary/aromatic N) is 1. The first-order valence-corrected chi connectivity index (χ1v) is 12.5. The number of methoxy groups -OCH3 is 1. The number of thiocarbonyl (C=S) groups is 1. The second-order valence-corrected chi connectivity index (χ2v) is 10.4. The van der Waals surface area contributed by atoms with Crippen LogP contribution in [0.5, 0.6) is 11.5 Å². The number of rotatable bonds is 4. The fourth-order valence-electron chi connectivity index (χ4n) is 5.03. The average molecular weight is 552 g/mol. The van der Waals surface area contributed by atoms with E-state index in [1.807, 2.05) is 80.3 Å². The Hall–Kier alpha value is -3.10. The Labute approximate surface area is 218 Å². The highest BCUT2D eigenvalue weighted by Crippen LogP contribution is 2.50. The molecule has 0 aliphatic carbocycles. The fraction of sp³-hybridized carbons (Fsp3) is 0.259. The summed E-state index contributed by atoms with van der Waals surface area (Å²) in [6.07, 6.45) is 0. The Kier molecular flexibility index (Phi) is 5.97. The molecule has 0 radical (unpaired) electrons. The van der Waals surface area contributed by atoms with E-state index >= 15 is 0 Å². The summed E-state index contributed by atoms with van der Waals surface area (Å²) in [4.78, 5) is 15.9. The molecule has 0 aromatic heterocycles. The predicted octanol–water partition coefficient (Wildman–Crippen LogP) is 5.87. The van der Waals surface area contributed by atoms with Crippen molar-refractivity contribution in [1.29, 1.82) is 0 Å². The molecule has 3 aromatic carbocycles. The van der Waals surface area contributed by atoms with E-state index in [4.69, 9.17) is 21.7 Å². The Balaban J connectivity index is 1.63. The largest absolute Gasteiger partial charge is 0.497 e. The zero-order chi connectivity index (χ0) is 24.9. The van der Waals surface area contributed by atoms with Crippen LogP contribution in [0.2, 0.25) is 0 Å². The van der Waals surface area contributed by atoms with Crippen LogP contribution in [-0.2, 0) is 4.79 Å². The minimum absolute atomic E-state index is 0.157. The van der Waals surface area contributed by atoms with Gasteiger partial charge in [-0.3, -0.25) is 9.69 Å². The van der Waals surface area contributed by atoms with Crippen molar-refractivity contribution >= 4 is 50.5 Å². The zero-order valence-electron chi connectivity index (χ0n) is 19.9. The summed E-state index contributed by atoms with van der Waals surface area (Å²) in [5.41, 5.74) is 3.50. The van der Waals surface area contributed by atoms with E-state index in [2.05, 4.69) is 32.6 Å². The molecule has 3 aromatic rings. The second-order valence-electron chi connectivity index (χ2n) is 9.08. The van der Waals surface area contributed by atoms with Crippen LogP contribution >= 0.6 is 28.1 Å². The van der Waals surface area contributed by atoms with Gasteiger partial charge in [0, 0.05) is 21.4 Å². The van der Waals surface area contributed by atoms with Gasteiger partial charge in [0.15, 0.2) is 10.8 Å². The lowest BCUT2D eigenvalue weighted by atomic mass is 9.78. The van der Waals surface area contributed by atoms with Gasteiger partial charge in [0.25, 0.3) is 0 Å². The molecule has 6 nitrogen and oxygen atoms in total. The number of carbonyl (C=O) groups excluding carboxylic acids is 1. The summed E-state index contributed by atoms with van der Waals surface area (Å²) in [5, 5.41) is 7.07. The average Bonchev–Trinajstić information content (AvgIpc) is 2.81. The smallest absolute Gasteiger partial charge is 0.236 e. The third-order valence-electron chi connectivity index (χ3n) is 6.71. The van der Waals surface area contributed by atoms with E-state index in [-0.39, 0.29) is 5.91 Å². The lowest BCUT2D eigenvalue weighted by molar-refractivity contribution is -0.130. The number of aryl methyl sites for hydroxylation is 2. The number of carbonyl (C=O) groups is 1. The summed E-state index contributed by atoms with van der Waals surface area (Å²) in [5.74, 6) is 0.590. The van der Waals surface area contributed by atoms with Gasteiger partial charge in [-0.05, 0) is 87.1 Å². The monoisotopic (exact) mass is 551 g/mol. The molecule has 2 heterocycles. The SMILES string of the molecule is COc1ccc2c(c1)[C@@H]1NC(=S)N(c3ccc(Br)cc3)[C@](C)(O2)[C@@H]1C(=O)Nc1ccc(C)cc1C. The van der Waals surface area contributed by atoms with Crippen LogP contribution in [0.25, 0.3) is 0 Å². The highest BCUT2D eigenvalue weighted by molar-refractivity contribution is 9.10. The standard InChI is InChI=1S/C27H26BrN3O3S/c1-15-5-11-21(16(2)13-15)29-25(32)23-24-20-14-19(33-4)10-12-22(20)34-27(23,3)31(26(35)30-24)18-8-6-17(28)7-9-18/h5-14,23-24H,1-4H3,(H,29,32)(H,30,35)/t23-,24-,27+/m0/s1. The maximum atomic E-state index is 14.0. The predicted molar refractivity (Wildman–Crippen MR) is 145 cm³/mol. The lowest BCUT2D eigenvalue weighted by Gasteiger charge is -2.56. The number of hydrogen-bond donors (Lipinski definition) is 2. The number of hydrogen-bond acceptors (Lipinski definition) is 4. The van der Waals surface area contributed by atoms with Crippen LogP contribution in [-0.4, -0.2) is 23.9 Å². The fourth-order valence-corrected chi connectivity index (χ4v) is 5.71. The van der Waals surface area contributed by atoms with Gasteiger partial charge in [-0.25, -0.2) is 0 Å². The van der Waals surface area contributed by atoms with E-state index < -0.39 is 17.7 Å². The summed E-state index contributed by atoms with van der Waals surface area (Å²) in [6.45, 7) is 5.95. The topological polar surface area (TPSA) is 62.8 Å². The van der Waals surface area contributed by atoms with Crippen LogP contribution in [0.15, 0.2) is 65.1 Å². The van der Waals surface area contributed by atoms with Crippen molar-refractivity contribution in [1.82, 2.24) is 5.32 Å². The molecule has 2 aliphatic heterocycles. The Morgan fingerprint density at radius 3 is 2.57 bits per heavy atom. The van der Waals surface area contributed by atoms with E-state index in [0.717, 1.165) is 32.5 Å². The first-order valence-electron chi connectivity index (χ1n) is 11.3. The molecule has 0 unspecified atom stereocenters. The van der Waals surface area contributed by atoms with Crippen molar-refractivity contribution in [3.63, 3.8) is 0 Å².